The number of benzene rings is 1. The van der Waals surface area contributed by atoms with E-state index in [4.69, 9.17) is 0 Å². The summed E-state index contributed by atoms with van der Waals surface area (Å²) in [4.78, 5) is 10.3. The van der Waals surface area contributed by atoms with Crippen molar-refractivity contribution in [2.45, 2.75) is 26.4 Å². The quantitative estimate of drug-likeness (QED) is 0.591. The van der Waals surface area contributed by atoms with Crippen molar-refractivity contribution in [1.82, 2.24) is 0 Å². The van der Waals surface area contributed by atoms with E-state index in [0.29, 0.717) is 12.0 Å². The Bertz CT molecular complexity index is 347. The molecule has 76 valence electrons. The molecular weight excluding hydrogens is 182 g/mol. The van der Waals surface area contributed by atoms with Crippen LogP contribution in [0, 0.1) is 17.0 Å². The molecule has 0 aliphatic rings. The van der Waals surface area contributed by atoms with Crippen molar-refractivity contribution in [3.8, 4) is 0 Å². The zero-order valence-electron chi connectivity index (χ0n) is 8.23. The summed E-state index contributed by atoms with van der Waals surface area (Å²) in [6.45, 7) is 3.43. The monoisotopic (exact) mass is 195 g/mol. The Hall–Kier alpha value is -1.42. The molecule has 0 fully saturated rings. The van der Waals surface area contributed by atoms with Crippen molar-refractivity contribution in [2.24, 2.45) is 0 Å². The second-order valence-electron chi connectivity index (χ2n) is 3.38. The second-order valence-corrected chi connectivity index (χ2v) is 3.38. The maximum Gasteiger partial charge on any atom is 0.272 e. The molecule has 1 N–H and O–H groups in total. The van der Waals surface area contributed by atoms with Crippen LogP contribution in [-0.4, -0.2) is 16.1 Å². The van der Waals surface area contributed by atoms with E-state index >= 15 is 0 Å². The molecule has 0 aromatic heterocycles. The largest absolute Gasteiger partial charge is 0.393 e. The molecule has 1 aromatic carbocycles. The lowest BCUT2D eigenvalue weighted by Crippen LogP contribution is -2.08. The van der Waals surface area contributed by atoms with Gasteiger partial charge in [0.1, 0.15) is 0 Å². The minimum atomic E-state index is -0.560. The molecule has 14 heavy (non-hydrogen) atoms. The van der Waals surface area contributed by atoms with Gasteiger partial charge in [0.2, 0.25) is 0 Å². The number of rotatable bonds is 3. The van der Waals surface area contributed by atoms with Crippen LogP contribution in [0.25, 0.3) is 0 Å². The first-order valence-corrected chi connectivity index (χ1v) is 4.43. The predicted molar refractivity (Wildman–Crippen MR) is 53.2 cm³/mol. The number of aliphatic hydroxyl groups is 1. The summed E-state index contributed by atoms with van der Waals surface area (Å²) < 4.78 is 0. The summed E-state index contributed by atoms with van der Waals surface area (Å²) >= 11 is 0. The molecule has 4 heteroatoms. The van der Waals surface area contributed by atoms with Gasteiger partial charge in [-0.1, -0.05) is 12.1 Å². The van der Waals surface area contributed by atoms with E-state index in [0.717, 1.165) is 5.56 Å². The van der Waals surface area contributed by atoms with Gasteiger partial charge < -0.3 is 5.11 Å². The SMILES string of the molecule is Cc1cccc([N+](=O)[O-])c1C[C@H](C)O. The smallest absolute Gasteiger partial charge is 0.272 e. The average Bonchev–Trinajstić information content (AvgIpc) is 2.07. The number of nitro benzene ring substituents is 1. The Morgan fingerprint density at radius 3 is 2.71 bits per heavy atom. The lowest BCUT2D eigenvalue weighted by Gasteiger charge is -2.08. The molecule has 0 saturated carbocycles. The third-order valence-corrected chi connectivity index (χ3v) is 2.08. The number of aryl methyl sites for hydroxylation is 1. The lowest BCUT2D eigenvalue weighted by molar-refractivity contribution is -0.385. The molecule has 1 aromatic rings. The van der Waals surface area contributed by atoms with Gasteiger partial charge in [-0.05, 0) is 19.4 Å². The fourth-order valence-corrected chi connectivity index (χ4v) is 1.42. The van der Waals surface area contributed by atoms with Crippen LogP contribution in [0.1, 0.15) is 18.1 Å². The van der Waals surface area contributed by atoms with Gasteiger partial charge in [-0.15, -0.1) is 0 Å². The fourth-order valence-electron chi connectivity index (χ4n) is 1.42. The van der Waals surface area contributed by atoms with Crippen LogP contribution in [-0.2, 0) is 6.42 Å². The minimum absolute atomic E-state index is 0.0888. The Kier molecular flexibility index (Phi) is 3.19. The van der Waals surface area contributed by atoms with Crippen molar-refractivity contribution in [2.75, 3.05) is 0 Å². The van der Waals surface area contributed by atoms with Gasteiger partial charge in [-0.3, -0.25) is 10.1 Å². The van der Waals surface area contributed by atoms with Gasteiger partial charge in [0.15, 0.2) is 0 Å². The molecule has 1 rings (SSSR count). The number of aliphatic hydroxyl groups excluding tert-OH is 1. The molecule has 0 unspecified atom stereocenters. The molecule has 0 saturated heterocycles. The maximum absolute atomic E-state index is 10.7. The van der Waals surface area contributed by atoms with Gasteiger partial charge >= 0.3 is 0 Å². The van der Waals surface area contributed by atoms with Crippen LogP contribution in [0.15, 0.2) is 18.2 Å². The molecule has 1 atom stereocenters. The summed E-state index contributed by atoms with van der Waals surface area (Å²) in [5, 5.41) is 19.9. The Labute approximate surface area is 82.3 Å². The first-order valence-electron chi connectivity index (χ1n) is 4.43. The molecule has 0 aliphatic heterocycles. The predicted octanol–water partition coefficient (Wildman–Crippen LogP) is 1.83. The minimum Gasteiger partial charge on any atom is -0.393 e. The first-order chi connectivity index (χ1) is 6.52. The number of nitro groups is 1. The van der Waals surface area contributed by atoms with E-state index in [-0.39, 0.29) is 5.69 Å². The van der Waals surface area contributed by atoms with E-state index in [9.17, 15) is 15.2 Å². The van der Waals surface area contributed by atoms with Crippen molar-refractivity contribution >= 4 is 5.69 Å². The van der Waals surface area contributed by atoms with Gasteiger partial charge in [0.05, 0.1) is 11.0 Å². The van der Waals surface area contributed by atoms with Gasteiger partial charge in [0, 0.05) is 18.1 Å². The molecule has 0 amide bonds. The maximum atomic E-state index is 10.7. The standard InChI is InChI=1S/C10H13NO3/c1-7-4-3-5-10(11(13)14)9(7)6-8(2)12/h3-5,8,12H,6H2,1-2H3/t8-/m0/s1. The van der Waals surface area contributed by atoms with Crippen molar-refractivity contribution in [3.63, 3.8) is 0 Å². The molecule has 4 nitrogen and oxygen atoms in total. The van der Waals surface area contributed by atoms with E-state index in [1.165, 1.54) is 6.07 Å². The van der Waals surface area contributed by atoms with E-state index in [2.05, 4.69) is 0 Å². The molecular formula is C10H13NO3. The summed E-state index contributed by atoms with van der Waals surface area (Å²) in [6, 6.07) is 4.93. The van der Waals surface area contributed by atoms with Crippen LogP contribution in [0.4, 0.5) is 5.69 Å². The summed E-state index contributed by atoms with van der Waals surface area (Å²) in [5.74, 6) is 0. The highest BCUT2D eigenvalue weighted by molar-refractivity contribution is 5.45. The lowest BCUT2D eigenvalue weighted by atomic mass is 10.0. The summed E-state index contributed by atoms with van der Waals surface area (Å²) in [6.07, 6.45) is -0.238. The second kappa shape index (κ2) is 4.19. The normalized spacial score (nSPS) is 12.5. The third kappa shape index (κ3) is 2.29. The Balaban J connectivity index is 3.15. The average molecular weight is 195 g/mol. The number of nitrogens with zero attached hydrogens (tertiary/aromatic N) is 1. The van der Waals surface area contributed by atoms with Crippen LogP contribution in [0.5, 0.6) is 0 Å². The highest BCUT2D eigenvalue weighted by atomic mass is 16.6. The van der Waals surface area contributed by atoms with Gasteiger partial charge in [0.25, 0.3) is 5.69 Å². The molecule has 0 spiro atoms. The van der Waals surface area contributed by atoms with E-state index < -0.39 is 11.0 Å². The zero-order chi connectivity index (χ0) is 10.7. The fraction of sp³-hybridized carbons (Fsp3) is 0.400. The van der Waals surface area contributed by atoms with Crippen molar-refractivity contribution in [3.05, 3.63) is 39.4 Å². The molecule has 0 aliphatic carbocycles. The van der Waals surface area contributed by atoms with Crippen LogP contribution < -0.4 is 0 Å². The highest BCUT2D eigenvalue weighted by Crippen LogP contribution is 2.23. The van der Waals surface area contributed by atoms with E-state index in [1.807, 2.05) is 13.0 Å². The number of hydrogen-bond acceptors (Lipinski definition) is 3. The van der Waals surface area contributed by atoms with Crippen LogP contribution >= 0.6 is 0 Å². The topological polar surface area (TPSA) is 63.4 Å². The number of hydrogen-bond donors (Lipinski definition) is 1. The van der Waals surface area contributed by atoms with Crippen molar-refractivity contribution in [1.29, 1.82) is 0 Å². The van der Waals surface area contributed by atoms with Crippen LogP contribution in [0.3, 0.4) is 0 Å². The van der Waals surface area contributed by atoms with Crippen LogP contribution in [0.2, 0.25) is 0 Å². The molecule has 0 radical (unpaired) electrons. The molecule has 0 bridgehead atoms. The van der Waals surface area contributed by atoms with Crippen molar-refractivity contribution < 1.29 is 10.0 Å². The van der Waals surface area contributed by atoms with E-state index in [1.54, 1.807) is 13.0 Å². The third-order valence-electron chi connectivity index (χ3n) is 2.08. The molecule has 0 heterocycles. The Morgan fingerprint density at radius 1 is 1.57 bits per heavy atom. The zero-order valence-corrected chi connectivity index (χ0v) is 8.23. The summed E-state index contributed by atoms with van der Waals surface area (Å²) in [5.41, 5.74) is 1.55. The van der Waals surface area contributed by atoms with Gasteiger partial charge in [-0.2, -0.15) is 0 Å². The highest BCUT2D eigenvalue weighted by Gasteiger charge is 2.16. The Morgan fingerprint density at radius 2 is 2.21 bits per heavy atom. The first kappa shape index (κ1) is 10.7. The van der Waals surface area contributed by atoms with Gasteiger partial charge in [-0.25, -0.2) is 0 Å². The summed E-state index contributed by atoms with van der Waals surface area (Å²) in [7, 11) is 0.